The molecule has 1 amide bonds. The van der Waals surface area contributed by atoms with E-state index in [0.29, 0.717) is 13.1 Å². The van der Waals surface area contributed by atoms with Crippen LogP contribution in [0.1, 0.15) is 26.2 Å². The predicted molar refractivity (Wildman–Crippen MR) is 140 cm³/mol. The van der Waals surface area contributed by atoms with Crippen LogP contribution in [-0.4, -0.2) is 148 Å². The highest BCUT2D eigenvalue weighted by Gasteiger charge is 2.53. The molecular weight excluding hydrogens is 532 g/mol. The summed E-state index contributed by atoms with van der Waals surface area (Å²) >= 11 is 0. The van der Waals surface area contributed by atoms with Gasteiger partial charge >= 0.3 is 0 Å². The highest BCUT2D eigenvalue weighted by atomic mass is 16.7. The molecule has 15 atom stereocenters. The van der Waals surface area contributed by atoms with Crippen molar-refractivity contribution >= 4 is 5.91 Å². The van der Waals surface area contributed by atoms with Crippen molar-refractivity contribution in [2.45, 2.75) is 112 Å². The maximum Gasteiger partial charge on any atom is 0.249 e. The van der Waals surface area contributed by atoms with Gasteiger partial charge in [0.15, 0.2) is 6.29 Å². The summed E-state index contributed by atoms with van der Waals surface area (Å²) in [5, 5.41) is 68.6. The molecule has 3 aliphatic rings. The Balaban J connectivity index is 1.88. The first kappa shape index (κ1) is 33.4. The zero-order valence-electron chi connectivity index (χ0n) is 22.7. The van der Waals surface area contributed by atoms with Crippen molar-refractivity contribution in [1.29, 1.82) is 0 Å². The van der Waals surface area contributed by atoms with Crippen molar-refractivity contribution in [2.24, 2.45) is 28.9 Å². The van der Waals surface area contributed by atoms with Crippen LogP contribution in [0.2, 0.25) is 0 Å². The van der Waals surface area contributed by atoms with E-state index in [1.54, 1.807) is 0 Å². The van der Waals surface area contributed by atoms with Gasteiger partial charge in [0.2, 0.25) is 5.91 Å². The fourth-order valence-corrected chi connectivity index (χ4v) is 5.81. The Bertz CT molecular complexity index is 801. The summed E-state index contributed by atoms with van der Waals surface area (Å²) in [5.74, 6) is -1.58. The second-order valence-electron chi connectivity index (χ2n) is 11.0. The summed E-state index contributed by atoms with van der Waals surface area (Å²) in [4.78, 5) is 12.7. The molecule has 3 fully saturated rings. The number of rotatable bonds is 11. The summed E-state index contributed by atoms with van der Waals surface area (Å²) in [6.07, 6.45) is -11.7. The number of likely N-dealkylation sites (N-methyl/N-ethyl adjacent to an activating group) is 1. The molecule has 234 valence electrons. The number of carbonyl (C=O) groups is 1. The minimum atomic E-state index is -1.55. The van der Waals surface area contributed by atoms with Crippen LogP contribution in [0.5, 0.6) is 0 Å². The number of carbonyl (C=O) groups excluding carboxylic acids is 1. The molecule has 40 heavy (non-hydrogen) atoms. The van der Waals surface area contributed by atoms with Crippen LogP contribution in [0.4, 0.5) is 0 Å². The molecule has 0 aromatic heterocycles. The number of hydrogen-bond acceptors (Lipinski definition) is 15. The second-order valence-corrected chi connectivity index (χ2v) is 11.0. The third-order valence-corrected chi connectivity index (χ3v) is 8.12. The Labute approximate surface area is 233 Å². The molecule has 0 radical (unpaired) electrons. The maximum absolute atomic E-state index is 12.7. The first-order chi connectivity index (χ1) is 18.9. The second kappa shape index (κ2) is 14.9. The van der Waals surface area contributed by atoms with E-state index in [1.807, 2.05) is 6.92 Å². The lowest BCUT2D eigenvalue weighted by atomic mass is 9.72. The van der Waals surface area contributed by atoms with Crippen molar-refractivity contribution in [3.05, 3.63) is 0 Å². The minimum absolute atomic E-state index is 0.00302. The molecule has 2 aliphatic heterocycles. The highest BCUT2D eigenvalue weighted by Crippen LogP contribution is 2.36. The van der Waals surface area contributed by atoms with Gasteiger partial charge in [0.1, 0.15) is 30.5 Å². The standard InChI is InChI=1S/C24H48N6O10/c1-2-29-7-14-13(33)6-10(27)21(38-14)16-9(26)5-11(30-23(37)12(32)3-4-25)22(19(16)35)40-24-20(36)17(28)18(34)15(8-31)39-24/h9-22,24,29,31-36H,2-8,25-28H2,1H3,(H,30,37). The fraction of sp³-hybridized carbons (Fsp3) is 0.958. The van der Waals surface area contributed by atoms with Crippen molar-refractivity contribution < 1.29 is 49.6 Å². The summed E-state index contributed by atoms with van der Waals surface area (Å²) in [7, 11) is 0. The number of aliphatic hydroxyl groups excluding tert-OH is 6. The average molecular weight is 581 g/mol. The molecule has 16 heteroatoms. The molecular formula is C24H48N6O10. The molecule has 16 nitrogen and oxygen atoms in total. The fourth-order valence-electron chi connectivity index (χ4n) is 5.81. The van der Waals surface area contributed by atoms with E-state index in [2.05, 4.69) is 10.6 Å². The average Bonchev–Trinajstić information content (AvgIpc) is 2.91. The van der Waals surface area contributed by atoms with E-state index >= 15 is 0 Å². The summed E-state index contributed by atoms with van der Waals surface area (Å²) < 4.78 is 17.7. The van der Waals surface area contributed by atoms with E-state index in [0.717, 1.165) is 0 Å². The normalized spacial score (nSPS) is 45.2. The highest BCUT2D eigenvalue weighted by molar-refractivity contribution is 5.80. The lowest BCUT2D eigenvalue weighted by Gasteiger charge is -2.51. The van der Waals surface area contributed by atoms with Gasteiger partial charge in [0, 0.05) is 24.5 Å². The van der Waals surface area contributed by atoms with Gasteiger partial charge in [-0.05, 0) is 32.4 Å². The van der Waals surface area contributed by atoms with Gasteiger partial charge in [-0.25, -0.2) is 0 Å². The van der Waals surface area contributed by atoms with E-state index in [1.165, 1.54) is 0 Å². The lowest BCUT2D eigenvalue weighted by molar-refractivity contribution is -0.306. The van der Waals surface area contributed by atoms with Gasteiger partial charge in [-0.2, -0.15) is 0 Å². The molecule has 0 spiro atoms. The third kappa shape index (κ3) is 7.45. The van der Waals surface area contributed by atoms with E-state index in [9.17, 15) is 35.4 Å². The van der Waals surface area contributed by atoms with Crippen LogP contribution in [0.3, 0.4) is 0 Å². The molecule has 0 aromatic rings. The topological polar surface area (TPSA) is 294 Å². The summed E-state index contributed by atoms with van der Waals surface area (Å²) in [6, 6.07) is -3.65. The SMILES string of the molecule is CCNCC1OC(C2C(N)CC(NC(=O)C(O)CCN)C(OC3OC(CO)C(O)C(N)C3O)C2O)C(N)CC1O. The van der Waals surface area contributed by atoms with Gasteiger partial charge in [0.05, 0.1) is 43.1 Å². The van der Waals surface area contributed by atoms with Crippen LogP contribution in [-0.2, 0) is 19.0 Å². The van der Waals surface area contributed by atoms with Gasteiger partial charge in [0.25, 0.3) is 0 Å². The number of nitrogens with two attached hydrogens (primary N) is 4. The van der Waals surface area contributed by atoms with Gasteiger partial charge < -0.3 is 78.4 Å². The van der Waals surface area contributed by atoms with Crippen LogP contribution >= 0.6 is 0 Å². The number of nitrogens with one attached hydrogen (secondary N) is 2. The first-order valence-corrected chi connectivity index (χ1v) is 13.9. The Morgan fingerprint density at radius 3 is 2.35 bits per heavy atom. The van der Waals surface area contributed by atoms with E-state index < -0.39 is 104 Å². The molecule has 15 unspecified atom stereocenters. The van der Waals surface area contributed by atoms with Crippen molar-refractivity contribution in [3.8, 4) is 0 Å². The molecule has 16 N–H and O–H groups in total. The predicted octanol–water partition coefficient (Wildman–Crippen LogP) is -6.50. The van der Waals surface area contributed by atoms with Crippen molar-refractivity contribution in [2.75, 3.05) is 26.2 Å². The Morgan fingerprint density at radius 2 is 1.73 bits per heavy atom. The maximum atomic E-state index is 12.7. The van der Waals surface area contributed by atoms with Crippen LogP contribution in [0, 0.1) is 5.92 Å². The largest absolute Gasteiger partial charge is 0.394 e. The molecule has 3 rings (SSSR count). The Kier molecular flexibility index (Phi) is 12.4. The molecule has 2 saturated heterocycles. The summed E-state index contributed by atoms with van der Waals surface area (Å²) in [6.45, 7) is 2.35. The molecule has 1 saturated carbocycles. The molecule has 2 heterocycles. The number of hydrogen-bond donors (Lipinski definition) is 12. The minimum Gasteiger partial charge on any atom is -0.394 e. The van der Waals surface area contributed by atoms with Gasteiger partial charge in [-0.1, -0.05) is 6.92 Å². The summed E-state index contributed by atoms with van der Waals surface area (Å²) in [5.41, 5.74) is 24.3. The zero-order chi connectivity index (χ0) is 29.7. The monoisotopic (exact) mass is 580 g/mol. The molecule has 1 aliphatic carbocycles. The van der Waals surface area contributed by atoms with Crippen LogP contribution in [0.25, 0.3) is 0 Å². The molecule has 0 aromatic carbocycles. The van der Waals surface area contributed by atoms with Gasteiger partial charge in [-0.3, -0.25) is 4.79 Å². The van der Waals surface area contributed by atoms with Crippen LogP contribution < -0.4 is 33.6 Å². The third-order valence-electron chi connectivity index (χ3n) is 8.12. The smallest absolute Gasteiger partial charge is 0.249 e. The van der Waals surface area contributed by atoms with Gasteiger partial charge in [-0.15, -0.1) is 0 Å². The number of aliphatic hydroxyl groups is 6. The Morgan fingerprint density at radius 1 is 1.02 bits per heavy atom. The number of amides is 1. The van der Waals surface area contributed by atoms with Crippen molar-refractivity contribution in [1.82, 2.24) is 10.6 Å². The quantitative estimate of drug-likeness (QED) is 0.108. The zero-order valence-corrected chi connectivity index (χ0v) is 22.7. The van der Waals surface area contributed by atoms with Crippen LogP contribution in [0.15, 0.2) is 0 Å². The van der Waals surface area contributed by atoms with E-state index in [-0.39, 0.29) is 25.8 Å². The Hall–Kier alpha value is -1.09. The first-order valence-electron chi connectivity index (χ1n) is 13.9. The van der Waals surface area contributed by atoms with E-state index in [4.69, 9.17) is 37.1 Å². The van der Waals surface area contributed by atoms with Crippen molar-refractivity contribution in [3.63, 3.8) is 0 Å². The number of ether oxygens (including phenoxy) is 3. The lowest BCUT2D eigenvalue weighted by Crippen LogP contribution is -2.70. The molecule has 0 bridgehead atoms.